The minimum Gasteiger partial charge on any atom is -0.371 e. The van der Waals surface area contributed by atoms with E-state index in [4.69, 9.17) is 9.47 Å². The van der Waals surface area contributed by atoms with Crippen molar-refractivity contribution in [2.75, 3.05) is 26.3 Å². The molecule has 1 aromatic carbocycles. The quantitative estimate of drug-likeness (QED) is 0.732. The van der Waals surface area contributed by atoms with Gasteiger partial charge in [-0.05, 0) is 18.2 Å². The molecule has 3 aromatic rings. The Kier molecular flexibility index (Phi) is 4.38. The Bertz CT molecular complexity index is 909. The van der Waals surface area contributed by atoms with Gasteiger partial charge in [0, 0.05) is 36.6 Å². The molecule has 28 heavy (non-hydrogen) atoms. The minimum atomic E-state index is -0.113. The van der Waals surface area contributed by atoms with Gasteiger partial charge >= 0.3 is 0 Å². The third-order valence-corrected chi connectivity index (χ3v) is 5.23. The molecule has 4 heterocycles. The second kappa shape index (κ2) is 7.17. The van der Waals surface area contributed by atoms with Crippen LogP contribution in [0.3, 0.4) is 0 Å². The molecular weight excluding hydrogens is 360 g/mol. The molecule has 0 bridgehead atoms. The number of likely N-dealkylation sites (tertiary alicyclic amines) is 1. The smallest absolute Gasteiger partial charge is 0.254 e. The maximum Gasteiger partial charge on any atom is 0.254 e. The highest BCUT2D eigenvalue weighted by Gasteiger charge is 2.39. The second-order valence-electron chi connectivity index (χ2n) is 7.01. The van der Waals surface area contributed by atoms with E-state index in [2.05, 4.69) is 20.3 Å². The number of ether oxygens (including phenoxy) is 2. The van der Waals surface area contributed by atoms with Crippen molar-refractivity contribution in [1.29, 1.82) is 0 Å². The molecule has 0 spiro atoms. The molecule has 2 aliphatic rings. The summed E-state index contributed by atoms with van der Waals surface area (Å²) in [4.78, 5) is 18.8. The van der Waals surface area contributed by atoms with E-state index in [0.29, 0.717) is 37.7 Å². The molecule has 2 fully saturated rings. The predicted octanol–water partition coefficient (Wildman–Crippen LogP) is 1.15. The lowest BCUT2D eigenvalue weighted by Gasteiger charge is -2.19. The van der Waals surface area contributed by atoms with Crippen LogP contribution >= 0.6 is 0 Å². The van der Waals surface area contributed by atoms with E-state index in [1.807, 2.05) is 41.2 Å². The first-order valence-corrected chi connectivity index (χ1v) is 9.25. The number of aromatic nitrogens is 5. The van der Waals surface area contributed by atoms with Crippen molar-refractivity contribution in [2.24, 2.45) is 0 Å². The lowest BCUT2D eigenvalue weighted by Crippen LogP contribution is -2.31. The van der Waals surface area contributed by atoms with Gasteiger partial charge in [0.15, 0.2) is 5.82 Å². The summed E-state index contributed by atoms with van der Waals surface area (Å²) in [6.45, 7) is 2.10. The van der Waals surface area contributed by atoms with E-state index in [-0.39, 0.29) is 24.2 Å². The van der Waals surface area contributed by atoms with Crippen LogP contribution in [0.4, 0.5) is 0 Å². The molecule has 5 rings (SSSR count). The molecule has 0 saturated carbocycles. The standard InChI is InChI=1S/C19H20N6O3/c26-19(14-4-2-13(3-5-14)18-20-12-21-23-18)24-8-16-17(9-24)28-11-15(10-27-16)25-7-1-6-22-25/h1-7,12,15-17H,8-11H2,(H,20,21,23)/t16-,17-/m0/s1. The molecule has 2 atom stereocenters. The molecule has 9 nitrogen and oxygen atoms in total. The van der Waals surface area contributed by atoms with Gasteiger partial charge in [0.2, 0.25) is 0 Å². The van der Waals surface area contributed by atoms with E-state index < -0.39 is 0 Å². The molecule has 144 valence electrons. The molecule has 0 unspecified atom stereocenters. The Labute approximate surface area is 161 Å². The Morgan fingerprint density at radius 2 is 1.86 bits per heavy atom. The maximum absolute atomic E-state index is 12.9. The zero-order chi connectivity index (χ0) is 18.9. The second-order valence-corrected chi connectivity index (χ2v) is 7.01. The number of hydrogen-bond acceptors (Lipinski definition) is 6. The van der Waals surface area contributed by atoms with Crippen molar-refractivity contribution in [3.05, 3.63) is 54.6 Å². The van der Waals surface area contributed by atoms with Crippen molar-refractivity contribution in [1.82, 2.24) is 29.9 Å². The van der Waals surface area contributed by atoms with Gasteiger partial charge in [0.25, 0.3) is 5.91 Å². The maximum atomic E-state index is 12.9. The number of rotatable bonds is 3. The summed E-state index contributed by atoms with van der Waals surface area (Å²) < 4.78 is 14.0. The highest BCUT2D eigenvalue weighted by molar-refractivity contribution is 5.94. The average molecular weight is 380 g/mol. The van der Waals surface area contributed by atoms with Gasteiger partial charge in [-0.2, -0.15) is 10.2 Å². The number of nitrogens with one attached hydrogen (secondary N) is 1. The molecule has 9 heteroatoms. The summed E-state index contributed by atoms with van der Waals surface area (Å²) in [7, 11) is 0. The first kappa shape index (κ1) is 17.1. The molecule has 1 N–H and O–H groups in total. The molecular formula is C19H20N6O3. The fraction of sp³-hybridized carbons (Fsp3) is 0.368. The molecule has 0 aliphatic carbocycles. The van der Waals surface area contributed by atoms with E-state index >= 15 is 0 Å². The summed E-state index contributed by atoms with van der Waals surface area (Å²) >= 11 is 0. The van der Waals surface area contributed by atoms with Crippen LogP contribution in [0.5, 0.6) is 0 Å². The number of H-pyrrole nitrogens is 1. The van der Waals surface area contributed by atoms with Crippen molar-refractivity contribution in [3.63, 3.8) is 0 Å². The lowest BCUT2D eigenvalue weighted by atomic mass is 10.1. The van der Waals surface area contributed by atoms with Gasteiger partial charge in [-0.1, -0.05) is 12.1 Å². The largest absolute Gasteiger partial charge is 0.371 e. The van der Waals surface area contributed by atoms with Crippen molar-refractivity contribution in [2.45, 2.75) is 18.2 Å². The van der Waals surface area contributed by atoms with Crippen LogP contribution in [-0.4, -0.2) is 74.3 Å². The number of carbonyl (C=O) groups is 1. The predicted molar refractivity (Wildman–Crippen MR) is 98.5 cm³/mol. The SMILES string of the molecule is O=C(c1ccc(-c2ncn[nH]2)cc1)N1C[C@@H]2OCC(n3cccn3)CO[C@H]2C1. The van der Waals surface area contributed by atoms with Crippen LogP contribution < -0.4 is 0 Å². The zero-order valence-corrected chi connectivity index (χ0v) is 15.1. The number of fused-ring (bicyclic) bond motifs is 1. The third-order valence-electron chi connectivity index (χ3n) is 5.23. The van der Waals surface area contributed by atoms with Gasteiger partial charge in [0.05, 0.1) is 19.3 Å². The van der Waals surface area contributed by atoms with Crippen molar-refractivity contribution >= 4 is 5.91 Å². The number of carbonyl (C=O) groups excluding carboxylic acids is 1. The summed E-state index contributed by atoms with van der Waals surface area (Å²) in [6, 6.07) is 9.30. The van der Waals surface area contributed by atoms with E-state index in [0.717, 1.165) is 5.56 Å². The van der Waals surface area contributed by atoms with Crippen molar-refractivity contribution in [3.8, 4) is 11.4 Å². The van der Waals surface area contributed by atoms with E-state index in [1.165, 1.54) is 6.33 Å². The monoisotopic (exact) mass is 380 g/mol. The number of benzene rings is 1. The topological polar surface area (TPSA) is 98.2 Å². The zero-order valence-electron chi connectivity index (χ0n) is 15.1. The molecule has 2 saturated heterocycles. The number of amides is 1. The van der Waals surface area contributed by atoms with E-state index in [9.17, 15) is 4.79 Å². The van der Waals surface area contributed by atoms with Crippen LogP contribution in [0.25, 0.3) is 11.4 Å². The minimum absolute atomic E-state index is 0.0204. The molecule has 0 radical (unpaired) electrons. The van der Waals surface area contributed by atoms with Crippen LogP contribution in [0.15, 0.2) is 49.1 Å². The normalized spacial score (nSPS) is 22.8. The highest BCUT2D eigenvalue weighted by Crippen LogP contribution is 2.25. The first-order valence-electron chi connectivity index (χ1n) is 9.25. The average Bonchev–Trinajstić information content (AvgIpc) is 3.49. The lowest BCUT2D eigenvalue weighted by molar-refractivity contribution is -0.00461. The summed E-state index contributed by atoms with van der Waals surface area (Å²) in [6.07, 6.45) is 4.90. The van der Waals surface area contributed by atoms with Crippen LogP contribution in [0, 0.1) is 0 Å². The summed E-state index contributed by atoms with van der Waals surface area (Å²) in [5.41, 5.74) is 1.52. The molecule has 2 aromatic heterocycles. The fourth-order valence-electron chi connectivity index (χ4n) is 3.69. The Morgan fingerprint density at radius 3 is 2.46 bits per heavy atom. The number of nitrogens with zero attached hydrogens (tertiary/aromatic N) is 5. The van der Waals surface area contributed by atoms with Crippen LogP contribution in [0.2, 0.25) is 0 Å². The summed E-state index contributed by atoms with van der Waals surface area (Å²) in [5.74, 6) is 0.656. The van der Waals surface area contributed by atoms with Crippen LogP contribution in [-0.2, 0) is 9.47 Å². The number of aromatic amines is 1. The number of hydrogen-bond donors (Lipinski definition) is 1. The first-order chi connectivity index (χ1) is 13.8. The van der Waals surface area contributed by atoms with Gasteiger partial charge in [-0.25, -0.2) is 4.98 Å². The highest BCUT2D eigenvalue weighted by atomic mass is 16.6. The Morgan fingerprint density at radius 1 is 1.11 bits per heavy atom. The van der Waals surface area contributed by atoms with Crippen molar-refractivity contribution < 1.29 is 14.3 Å². The van der Waals surface area contributed by atoms with E-state index in [1.54, 1.807) is 11.1 Å². The van der Waals surface area contributed by atoms with Gasteiger partial charge in [-0.15, -0.1) is 0 Å². The molecule has 2 aliphatic heterocycles. The van der Waals surface area contributed by atoms with Crippen LogP contribution in [0.1, 0.15) is 16.4 Å². The van der Waals surface area contributed by atoms with Gasteiger partial charge < -0.3 is 14.4 Å². The Hall–Kier alpha value is -3.04. The summed E-state index contributed by atoms with van der Waals surface area (Å²) in [5, 5.41) is 10.9. The van der Waals surface area contributed by atoms with Gasteiger partial charge in [0.1, 0.15) is 18.5 Å². The fourth-order valence-corrected chi connectivity index (χ4v) is 3.69. The third kappa shape index (κ3) is 3.19. The van der Waals surface area contributed by atoms with Gasteiger partial charge in [-0.3, -0.25) is 14.6 Å². The molecule has 1 amide bonds. The Balaban J connectivity index is 1.23.